The standard InChI is InChI=1S/C19H22N2O2/c1-20(2)16-9-5-14(6-10-16)18(22)13-19(23)15-7-11-17(12-8-15)21(3)4/h5-12H,13H2,1-4H3. The minimum atomic E-state index is -0.156. The second kappa shape index (κ2) is 7.09. The molecule has 0 amide bonds. The van der Waals surface area contributed by atoms with Crippen molar-refractivity contribution >= 4 is 22.9 Å². The summed E-state index contributed by atoms with van der Waals surface area (Å²) in [5.41, 5.74) is 3.17. The number of nitrogens with zero attached hydrogens (tertiary/aromatic N) is 2. The van der Waals surface area contributed by atoms with E-state index in [-0.39, 0.29) is 18.0 Å². The van der Waals surface area contributed by atoms with Crippen molar-refractivity contribution in [2.75, 3.05) is 38.0 Å². The van der Waals surface area contributed by atoms with Crippen LogP contribution in [0.15, 0.2) is 48.5 Å². The van der Waals surface area contributed by atoms with Gasteiger partial charge in [0.25, 0.3) is 0 Å². The summed E-state index contributed by atoms with van der Waals surface area (Å²) in [5.74, 6) is -0.311. The molecule has 0 saturated carbocycles. The van der Waals surface area contributed by atoms with Crippen LogP contribution in [0.1, 0.15) is 27.1 Å². The Morgan fingerprint density at radius 1 is 0.652 bits per heavy atom. The summed E-state index contributed by atoms with van der Waals surface area (Å²) >= 11 is 0. The number of ketones is 2. The Labute approximate surface area is 137 Å². The van der Waals surface area contributed by atoms with Crippen molar-refractivity contribution in [1.29, 1.82) is 0 Å². The van der Waals surface area contributed by atoms with Crippen LogP contribution in [0.25, 0.3) is 0 Å². The van der Waals surface area contributed by atoms with E-state index in [1.165, 1.54) is 0 Å². The maximum absolute atomic E-state index is 12.2. The Balaban J connectivity index is 2.05. The highest BCUT2D eigenvalue weighted by Gasteiger charge is 2.14. The molecule has 2 rings (SSSR count). The molecule has 0 fully saturated rings. The van der Waals surface area contributed by atoms with Crippen LogP contribution in [0, 0.1) is 0 Å². The first-order valence-corrected chi connectivity index (χ1v) is 7.49. The predicted octanol–water partition coefficient (Wildman–Crippen LogP) is 3.27. The van der Waals surface area contributed by atoms with E-state index >= 15 is 0 Å². The third kappa shape index (κ3) is 4.19. The molecular weight excluding hydrogens is 288 g/mol. The number of carbonyl (C=O) groups excluding carboxylic acids is 2. The third-order valence-electron chi connectivity index (χ3n) is 3.73. The maximum Gasteiger partial charge on any atom is 0.170 e. The minimum Gasteiger partial charge on any atom is -0.378 e. The average Bonchev–Trinajstić information content (AvgIpc) is 2.54. The highest BCUT2D eigenvalue weighted by atomic mass is 16.1. The first kappa shape index (κ1) is 16.7. The molecule has 0 aliphatic rings. The average molecular weight is 310 g/mol. The van der Waals surface area contributed by atoms with Gasteiger partial charge in [0.2, 0.25) is 0 Å². The first-order valence-electron chi connectivity index (χ1n) is 7.49. The molecule has 0 saturated heterocycles. The van der Waals surface area contributed by atoms with Crippen molar-refractivity contribution in [3.05, 3.63) is 59.7 Å². The Kier molecular flexibility index (Phi) is 5.16. The quantitative estimate of drug-likeness (QED) is 0.606. The summed E-state index contributed by atoms with van der Waals surface area (Å²) in [6.45, 7) is 0. The first-order chi connectivity index (χ1) is 10.9. The maximum atomic E-state index is 12.2. The number of anilines is 2. The van der Waals surface area contributed by atoms with Crippen molar-refractivity contribution in [2.24, 2.45) is 0 Å². The van der Waals surface area contributed by atoms with E-state index in [1.54, 1.807) is 24.3 Å². The largest absolute Gasteiger partial charge is 0.378 e. The van der Waals surface area contributed by atoms with E-state index in [1.807, 2.05) is 62.3 Å². The molecule has 0 aliphatic carbocycles. The van der Waals surface area contributed by atoms with Gasteiger partial charge in [-0.15, -0.1) is 0 Å². The smallest absolute Gasteiger partial charge is 0.170 e. The van der Waals surface area contributed by atoms with E-state index in [0.29, 0.717) is 11.1 Å². The van der Waals surface area contributed by atoms with Crippen molar-refractivity contribution in [2.45, 2.75) is 6.42 Å². The van der Waals surface area contributed by atoms with Crippen molar-refractivity contribution in [1.82, 2.24) is 0 Å². The fraction of sp³-hybridized carbons (Fsp3) is 0.263. The van der Waals surface area contributed by atoms with Crippen LogP contribution in [0.5, 0.6) is 0 Å². The van der Waals surface area contributed by atoms with Crippen LogP contribution in [-0.4, -0.2) is 39.8 Å². The molecule has 0 N–H and O–H groups in total. The van der Waals surface area contributed by atoms with E-state index in [9.17, 15) is 9.59 Å². The minimum absolute atomic E-state index is 0.109. The number of rotatable bonds is 6. The molecule has 0 bridgehead atoms. The van der Waals surface area contributed by atoms with Gasteiger partial charge in [-0.1, -0.05) is 0 Å². The summed E-state index contributed by atoms with van der Waals surface area (Å²) in [5, 5.41) is 0. The molecule has 0 spiro atoms. The van der Waals surface area contributed by atoms with Gasteiger partial charge in [-0.25, -0.2) is 0 Å². The van der Waals surface area contributed by atoms with E-state index in [0.717, 1.165) is 11.4 Å². The number of hydrogen-bond acceptors (Lipinski definition) is 4. The molecule has 0 aromatic heterocycles. The van der Waals surface area contributed by atoms with E-state index in [2.05, 4.69) is 0 Å². The summed E-state index contributed by atoms with van der Waals surface area (Å²) in [6.07, 6.45) is -0.109. The van der Waals surface area contributed by atoms with Gasteiger partial charge in [0.15, 0.2) is 11.6 Å². The normalized spacial score (nSPS) is 10.3. The van der Waals surface area contributed by atoms with Gasteiger partial charge in [-0.3, -0.25) is 9.59 Å². The summed E-state index contributed by atoms with van der Waals surface area (Å²) < 4.78 is 0. The van der Waals surface area contributed by atoms with Gasteiger partial charge >= 0.3 is 0 Å². The van der Waals surface area contributed by atoms with Crippen LogP contribution in [0.4, 0.5) is 11.4 Å². The second-order valence-corrected chi connectivity index (χ2v) is 5.91. The van der Waals surface area contributed by atoms with Gasteiger partial charge in [-0.2, -0.15) is 0 Å². The van der Waals surface area contributed by atoms with Crippen LogP contribution in [0.2, 0.25) is 0 Å². The topological polar surface area (TPSA) is 40.6 Å². The lowest BCUT2D eigenvalue weighted by molar-refractivity contribution is 0.0894. The SMILES string of the molecule is CN(C)c1ccc(C(=O)CC(=O)c2ccc(N(C)C)cc2)cc1. The zero-order valence-electron chi connectivity index (χ0n) is 14.0. The Morgan fingerprint density at radius 2 is 0.957 bits per heavy atom. The van der Waals surface area contributed by atoms with Gasteiger partial charge in [0.1, 0.15) is 0 Å². The molecular formula is C19H22N2O2. The lowest BCUT2D eigenvalue weighted by Crippen LogP contribution is -2.11. The van der Waals surface area contributed by atoms with E-state index < -0.39 is 0 Å². The fourth-order valence-corrected chi connectivity index (χ4v) is 2.24. The number of Topliss-reactive ketones (excluding diaryl/α,β-unsaturated/α-hetero) is 2. The highest BCUT2D eigenvalue weighted by Crippen LogP contribution is 2.16. The number of benzene rings is 2. The predicted molar refractivity (Wildman–Crippen MR) is 94.8 cm³/mol. The molecule has 4 nitrogen and oxygen atoms in total. The molecule has 120 valence electrons. The fourth-order valence-electron chi connectivity index (χ4n) is 2.24. The molecule has 2 aromatic carbocycles. The Bertz CT molecular complexity index is 625. The van der Waals surface area contributed by atoms with E-state index in [4.69, 9.17) is 0 Å². The second-order valence-electron chi connectivity index (χ2n) is 5.91. The van der Waals surface area contributed by atoms with Crippen LogP contribution >= 0.6 is 0 Å². The number of carbonyl (C=O) groups is 2. The van der Waals surface area contributed by atoms with Crippen LogP contribution in [0.3, 0.4) is 0 Å². The molecule has 2 aromatic rings. The zero-order chi connectivity index (χ0) is 17.0. The molecule has 23 heavy (non-hydrogen) atoms. The summed E-state index contributed by atoms with van der Waals surface area (Å²) in [7, 11) is 7.77. The molecule has 0 radical (unpaired) electrons. The Hall–Kier alpha value is -2.62. The van der Waals surface area contributed by atoms with Gasteiger partial charge < -0.3 is 9.80 Å². The Morgan fingerprint density at radius 3 is 1.22 bits per heavy atom. The molecule has 0 aliphatic heterocycles. The monoisotopic (exact) mass is 310 g/mol. The van der Waals surface area contributed by atoms with Crippen molar-refractivity contribution in [3.8, 4) is 0 Å². The lowest BCUT2D eigenvalue weighted by Gasteiger charge is -2.13. The van der Waals surface area contributed by atoms with Crippen molar-refractivity contribution in [3.63, 3.8) is 0 Å². The molecule has 0 atom stereocenters. The molecule has 0 unspecified atom stereocenters. The summed E-state index contributed by atoms with van der Waals surface area (Å²) in [4.78, 5) is 28.4. The molecule has 4 heteroatoms. The highest BCUT2D eigenvalue weighted by molar-refractivity contribution is 6.13. The van der Waals surface area contributed by atoms with Crippen LogP contribution in [-0.2, 0) is 0 Å². The lowest BCUT2D eigenvalue weighted by atomic mass is 10.0. The van der Waals surface area contributed by atoms with Crippen LogP contribution < -0.4 is 9.80 Å². The summed E-state index contributed by atoms with van der Waals surface area (Å²) in [6, 6.07) is 14.6. The van der Waals surface area contributed by atoms with Gasteiger partial charge in [-0.05, 0) is 48.5 Å². The molecule has 0 heterocycles. The van der Waals surface area contributed by atoms with Gasteiger partial charge in [0.05, 0.1) is 6.42 Å². The third-order valence-corrected chi connectivity index (χ3v) is 3.73. The number of hydrogen-bond donors (Lipinski definition) is 0. The van der Waals surface area contributed by atoms with Crippen molar-refractivity contribution < 1.29 is 9.59 Å². The van der Waals surface area contributed by atoms with Gasteiger partial charge in [0, 0.05) is 50.7 Å². The zero-order valence-corrected chi connectivity index (χ0v) is 14.0.